The number of imidazole rings is 1. The van der Waals surface area contributed by atoms with Gasteiger partial charge in [-0.2, -0.15) is 0 Å². The first-order valence-electron chi connectivity index (χ1n) is 8.71. The SMILES string of the molecule is O=C(c1ccc(Cl)cc1[N+](=O)[O-])N1CCC(c2nc3ccccc3[nH]2)CC1. The highest BCUT2D eigenvalue weighted by Crippen LogP contribution is 2.30. The summed E-state index contributed by atoms with van der Waals surface area (Å²) < 4.78 is 0. The zero-order chi connectivity index (χ0) is 19.0. The highest BCUT2D eigenvalue weighted by atomic mass is 35.5. The Morgan fingerprint density at radius 1 is 1.22 bits per heavy atom. The summed E-state index contributed by atoms with van der Waals surface area (Å²) in [6.45, 7) is 1.06. The molecule has 3 aromatic rings. The summed E-state index contributed by atoms with van der Waals surface area (Å²) in [6.07, 6.45) is 1.51. The second kappa shape index (κ2) is 7.00. The number of benzene rings is 2. The van der Waals surface area contributed by atoms with Crippen molar-refractivity contribution in [2.45, 2.75) is 18.8 Å². The number of aromatic amines is 1. The first-order valence-corrected chi connectivity index (χ1v) is 9.08. The molecule has 2 aromatic carbocycles. The fourth-order valence-electron chi connectivity index (χ4n) is 3.53. The van der Waals surface area contributed by atoms with E-state index < -0.39 is 4.92 Å². The van der Waals surface area contributed by atoms with Gasteiger partial charge in [0.25, 0.3) is 11.6 Å². The van der Waals surface area contributed by atoms with Gasteiger partial charge < -0.3 is 9.88 Å². The van der Waals surface area contributed by atoms with Crippen molar-refractivity contribution in [3.05, 3.63) is 69.0 Å². The van der Waals surface area contributed by atoms with Gasteiger partial charge in [0.15, 0.2) is 0 Å². The molecule has 1 fully saturated rings. The maximum atomic E-state index is 12.8. The van der Waals surface area contributed by atoms with Crippen LogP contribution in [0.1, 0.15) is 34.9 Å². The molecular weight excluding hydrogens is 368 g/mol. The summed E-state index contributed by atoms with van der Waals surface area (Å²) in [5, 5.41) is 11.5. The Morgan fingerprint density at radius 3 is 2.67 bits per heavy atom. The second-order valence-electron chi connectivity index (χ2n) is 6.62. The third-order valence-electron chi connectivity index (χ3n) is 4.96. The normalized spacial score (nSPS) is 15.2. The molecule has 0 spiro atoms. The highest BCUT2D eigenvalue weighted by Gasteiger charge is 2.29. The molecule has 0 aliphatic carbocycles. The van der Waals surface area contributed by atoms with Crippen LogP contribution in [0, 0.1) is 10.1 Å². The predicted octanol–water partition coefficient (Wildman–Crippen LogP) is 4.14. The number of nitro benzene ring substituents is 1. The lowest BCUT2D eigenvalue weighted by Gasteiger charge is -2.31. The van der Waals surface area contributed by atoms with Gasteiger partial charge in [-0.05, 0) is 37.1 Å². The minimum atomic E-state index is -0.569. The Hall–Kier alpha value is -2.93. The van der Waals surface area contributed by atoms with Crippen LogP contribution in [-0.2, 0) is 0 Å². The van der Waals surface area contributed by atoms with Gasteiger partial charge in [0, 0.05) is 30.1 Å². The molecule has 2 heterocycles. The van der Waals surface area contributed by atoms with Crippen LogP contribution < -0.4 is 0 Å². The number of hydrogen-bond donors (Lipinski definition) is 1. The molecule has 0 atom stereocenters. The van der Waals surface area contributed by atoms with E-state index in [-0.39, 0.29) is 28.1 Å². The molecule has 1 aliphatic rings. The molecule has 1 saturated heterocycles. The van der Waals surface area contributed by atoms with E-state index in [1.54, 1.807) is 4.90 Å². The molecule has 8 heteroatoms. The molecule has 4 rings (SSSR count). The topological polar surface area (TPSA) is 92.1 Å². The molecule has 0 saturated carbocycles. The van der Waals surface area contributed by atoms with Crippen molar-refractivity contribution in [1.82, 2.24) is 14.9 Å². The molecule has 0 radical (unpaired) electrons. The number of hydrogen-bond acceptors (Lipinski definition) is 4. The van der Waals surface area contributed by atoms with Crippen LogP contribution in [0.15, 0.2) is 42.5 Å². The van der Waals surface area contributed by atoms with E-state index in [0.717, 1.165) is 29.7 Å². The van der Waals surface area contributed by atoms with E-state index >= 15 is 0 Å². The number of nitrogens with one attached hydrogen (secondary N) is 1. The smallest absolute Gasteiger partial charge is 0.283 e. The molecular formula is C19H17ClN4O3. The first kappa shape index (κ1) is 17.5. The molecule has 0 unspecified atom stereocenters. The lowest BCUT2D eigenvalue weighted by Crippen LogP contribution is -2.38. The summed E-state index contributed by atoms with van der Waals surface area (Å²) in [4.78, 5) is 33.1. The Kier molecular flexibility index (Phi) is 4.53. The van der Waals surface area contributed by atoms with Crippen LogP contribution in [0.25, 0.3) is 11.0 Å². The Balaban J connectivity index is 1.49. The number of nitrogens with zero attached hydrogens (tertiary/aromatic N) is 3. The predicted molar refractivity (Wildman–Crippen MR) is 102 cm³/mol. The average Bonchev–Trinajstić information content (AvgIpc) is 3.11. The Labute approximate surface area is 160 Å². The number of amides is 1. The van der Waals surface area contributed by atoms with Crippen molar-refractivity contribution < 1.29 is 9.72 Å². The van der Waals surface area contributed by atoms with Crippen LogP contribution in [0.2, 0.25) is 5.02 Å². The van der Waals surface area contributed by atoms with Crippen LogP contribution in [0.5, 0.6) is 0 Å². The third-order valence-corrected chi connectivity index (χ3v) is 5.20. The number of nitro groups is 1. The maximum Gasteiger partial charge on any atom is 0.283 e. The number of fused-ring (bicyclic) bond motifs is 1. The Bertz CT molecular complexity index is 992. The van der Waals surface area contributed by atoms with Crippen LogP contribution in [0.4, 0.5) is 5.69 Å². The fourth-order valence-corrected chi connectivity index (χ4v) is 3.70. The minimum Gasteiger partial charge on any atom is -0.342 e. The van der Waals surface area contributed by atoms with Crippen LogP contribution >= 0.6 is 11.6 Å². The molecule has 27 heavy (non-hydrogen) atoms. The van der Waals surface area contributed by atoms with E-state index in [0.29, 0.717) is 13.1 Å². The molecule has 7 nitrogen and oxygen atoms in total. The van der Waals surface area contributed by atoms with E-state index in [4.69, 9.17) is 11.6 Å². The number of aromatic nitrogens is 2. The van der Waals surface area contributed by atoms with E-state index in [1.165, 1.54) is 18.2 Å². The number of rotatable bonds is 3. The van der Waals surface area contributed by atoms with Gasteiger partial charge in [0.1, 0.15) is 11.4 Å². The maximum absolute atomic E-state index is 12.8. The lowest BCUT2D eigenvalue weighted by molar-refractivity contribution is -0.385. The second-order valence-corrected chi connectivity index (χ2v) is 7.06. The van der Waals surface area contributed by atoms with Crippen LogP contribution in [-0.4, -0.2) is 38.8 Å². The van der Waals surface area contributed by atoms with Gasteiger partial charge in [-0.25, -0.2) is 4.98 Å². The van der Waals surface area contributed by atoms with Crippen molar-refractivity contribution in [3.63, 3.8) is 0 Å². The number of carbonyl (C=O) groups excluding carboxylic acids is 1. The molecule has 0 bridgehead atoms. The summed E-state index contributed by atoms with van der Waals surface area (Å²) >= 11 is 5.83. The van der Waals surface area contributed by atoms with E-state index in [1.807, 2.05) is 24.3 Å². The summed E-state index contributed by atoms with van der Waals surface area (Å²) in [5.41, 5.74) is 1.75. The molecule has 1 N–H and O–H groups in total. The first-order chi connectivity index (χ1) is 13.0. The van der Waals surface area contributed by atoms with E-state index in [2.05, 4.69) is 9.97 Å². The van der Waals surface area contributed by atoms with E-state index in [9.17, 15) is 14.9 Å². The van der Waals surface area contributed by atoms with Crippen molar-refractivity contribution in [2.24, 2.45) is 0 Å². The number of piperidine rings is 1. The number of halogens is 1. The van der Waals surface area contributed by atoms with Gasteiger partial charge in [-0.15, -0.1) is 0 Å². The zero-order valence-corrected chi connectivity index (χ0v) is 15.1. The van der Waals surface area contributed by atoms with Gasteiger partial charge in [0.2, 0.25) is 0 Å². The van der Waals surface area contributed by atoms with Crippen molar-refractivity contribution in [2.75, 3.05) is 13.1 Å². The van der Waals surface area contributed by atoms with Crippen molar-refractivity contribution in [3.8, 4) is 0 Å². The highest BCUT2D eigenvalue weighted by molar-refractivity contribution is 6.31. The standard InChI is InChI=1S/C19H17ClN4O3/c20-13-5-6-14(17(11-13)24(26)27)19(25)23-9-7-12(8-10-23)18-21-15-3-1-2-4-16(15)22-18/h1-6,11-12H,7-10H2,(H,21,22). The largest absolute Gasteiger partial charge is 0.342 e. The molecule has 1 aliphatic heterocycles. The summed E-state index contributed by atoms with van der Waals surface area (Å²) in [6, 6.07) is 12.0. The average molecular weight is 385 g/mol. The summed E-state index contributed by atoms with van der Waals surface area (Å²) in [5.74, 6) is 0.837. The Morgan fingerprint density at radius 2 is 1.96 bits per heavy atom. The number of H-pyrrole nitrogens is 1. The number of carbonyl (C=O) groups is 1. The molecule has 138 valence electrons. The summed E-state index contributed by atoms with van der Waals surface area (Å²) in [7, 11) is 0. The van der Waals surface area contributed by atoms with Crippen LogP contribution in [0.3, 0.4) is 0 Å². The van der Waals surface area contributed by atoms with Crippen molar-refractivity contribution >= 4 is 34.2 Å². The minimum absolute atomic E-state index is 0.0755. The number of likely N-dealkylation sites (tertiary alicyclic amines) is 1. The van der Waals surface area contributed by atoms with Gasteiger partial charge in [0.05, 0.1) is 16.0 Å². The van der Waals surface area contributed by atoms with Gasteiger partial charge in [-0.3, -0.25) is 14.9 Å². The third kappa shape index (κ3) is 3.38. The zero-order valence-electron chi connectivity index (χ0n) is 14.4. The molecule has 1 amide bonds. The lowest BCUT2D eigenvalue weighted by atomic mass is 9.95. The molecule has 1 aromatic heterocycles. The number of para-hydroxylation sites is 2. The quantitative estimate of drug-likeness (QED) is 0.542. The van der Waals surface area contributed by atoms with Crippen molar-refractivity contribution in [1.29, 1.82) is 0 Å². The van der Waals surface area contributed by atoms with Gasteiger partial charge in [-0.1, -0.05) is 23.7 Å². The van der Waals surface area contributed by atoms with Gasteiger partial charge >= 0.3 is 0 Å². The monoisotopic (exact) mass is 384 g/mol. The fraction of sp³-hybridized carbons (Fsp3) is 0.263.